The second-order valence-corrected chi connectivity index (χ2v) is 5.90. The monoisotopic (exact) mass is 381 g/mol. The summed E-state index contributed by atoms with van der Waals surface area (Å²) < 4.78 is 48.0. The maximum absolute atomic E-state index is 12.6. The smallest absolute Gasteiger partial charge is 0.416 e. The van der Waals surface area contributed by atoms with Gasteiger partial charge in [-0.2, -0.15) is 13.2 Å². The van der Waals surface area contributed by atoms with Crippen molar-refractivity contribution in [3.05, 3.63) is 59.2 Å². The van der Waals surface area contributed by atoms with E-state index in [9.17, 15) is 22.8 Å². The summed E-state index contributed by atoms with van der Waals surface area (Å²) in [6, 6.07) is 9.60. The molecule has 2 aromatic rings. The predicted octanol–water partition coefficient (Wildman–Crippen LogP) is 3.88. The Morgan fingerprint density at radius 1 is 1.00 bits per heavy atom. The molecule has 0 spiro atoms. The minimum absolute atomic E-state index is 0.0441. The Morgan fingerprint density at radius 2 is 1.67 bits per heavy atom. The lowest BCUT2D eigenvalue weighted by Crippen LogP contribution is -2.23. The van der Waals surface area contributed by atoms with E-state index < -0.39 is 30.2 Å². The summed E-state index contributed by atoms with van der Waals surface area (Å²) in [6.45, 7) is 2.75. The number of halogens is 3. The van der Waals surface area contributed by atoms with Crippen molar-refractivity contribution in [3.63, 3.8) is 0 Å². The molecule has 0 aliphatic rings. The number of carbonyl (C=O) groups excluding carboxylic acids is 2. The van der Waals surface area contributed by atoms with Crippen LogP contribution in [0.5, 0.6) is 5.75 Å². The van der Waals surface area contributed by atoms with Crippen LogP contribution in [0.1, 0.15) is 16.7 Å². The van der Waals surface area contributed by atoms with Gasteiger partial charge in [0.1, 0.15) is 5.75 Å². The number of anilines is 1. The van der Waals surface area contributed by atoms with Crippen LogP contribution in [-0.4, -0.2) is 25.1 Å². The molecule has 0 aliphatic heterocycles. The summed E-state index contributed by atoms with van der Waals surface area (Å²) in [6.07, 6.45) is -4.52. The highest BCUT2D eigenvalue weighted by atomic mass is 19.4. The molecular formula is C19H18F3NO4. The Kier molecular flexibility index (Phi) is 6.44. The second-order valence-electron chi connectivity index (χ2n) is 5.90. The molecule has 0 saturated heterocycles. The Hall–Kier alpha value is -3.03. The van der Waals surface area contributed by atoms with E-state index in [0.29, 0.717) is 5.75 Å². The molecule has 0 heterocycles. The Labute approximate surface area is 154 Å². The number of benzene rings is 2. The fourth-order valence-electron chi connectivity index (χ4n) is 2.32. The van der Waals surface area contributed by atoms with Crippen LogP contribution in [0.15, 0.2) is 42.5 Å². The number of rotatable bonds is 6. The topological polar surface area (TPSA) is 64.6 Å². The van der Waals surface area contributed by atoms with Crippen molar-refractivity contribution in [2.75, 3.05) is 18.5 Å². The van der Waals surface area contributed by atoms with E-state index in [0.717, 1.165) is 23.3 Å². The van der Waals surface area contributed by atoms with Crippen molar-refractivity contribution in [1.29, 1.82) is 0 Å². The van der Waals surface area contributed by atoms with Crippen LogP contribution >= 0.6 is 0 Å². The summed E-state index contributed by atoms with van der Waals surface area (Å²) in [7, 11) is 0. The molecule has 1 amide bonds. The van der Waals surface area contributed by atoms with E-state index in [2.05, 4.69) is 5.32 Å². The summed E-state index contributed by atoms with van der Waals surface area (Å²) in [4.78, 5) is 23.4. The van der Waals surface area contributed by atoms with Crippen LogP contribution in [0.2, 0.25) is 0 Å². The van der Waals surface area contributed by atoms with Crippen LogP contribution in [0, 0.1) is 13.8 Å². The van der Waals surface area contributed by atoms with E-state index in [1.54, 1.807) is 12.1 Å². The normalized spacial score (nSPS) is 11.0. The first-order valence-corrected chi connectivity index (χ1v) is 7.97. The molecule has 0 aliphatic carbocycles. The zero-order chi connectivity index (χ0) is 20.0. The molecule has 27 heavy (non-hydrogen) atoms. The molecule has 2 aromatic carbocycles. The highest BCUT2D eigenvalue weighted by molar-refractivity contribution is 5.92. The number of hydrogen-bond acceptors (Lipinski definition) is 4. The first kappa shape index (κ1) is 20.3. The molecule has 5 nitrogen and oxygen atoms in total. The number of hydrogen-bond donors (Lipinski definition) is 1. The van der Waals surface area contributed by atoms with Gasteiger partial charge in [-0.1, -0.05) is 12.1 Å². The van der Waals surface area contributed by atoms with Crippen LogP contribution in [-0.2, 0) is 20.5 Å². The predicted molar refractivity (Wildman–Crippen MR) is 92.4 cm³/mol. The van der Waals surface area contributed by atoms with E-state index in [-0.39, 0.29) is 12.3 Å². The number of esters is 1. The summed E-state index contributed by atoms with van der Waals surface area (Å²) in [5.74, 6) is -1.03. The largest absolute Gasteiger partial charge is 0.482 e. The van der Waals surface area contributed by atoms with Crippen LogP contribution in [0.25, 0.3) is 0 Å². The van der Waals surface area contributed by atoms with Crippen LogP contribution < -0.4 is 10.1 Å². The molecule has 0 bridgehead atoms. The quantitative estimate of drug-likeness (QED) is 0.772. The minimum Gasteiger partial charge on any atom is -0.482 e. The van der Waals surface area contributed by atoms with Crippen molar-refractivity contribution in [2.45, 2.75) is 20.0 Å². The highest BCUT2D eigenvalue weighted by Crippen LogP contribution is 2.30. The average molecular weight is 381 g/mol. The van der Waals surface area contributed by atoms with Gasteiger partial charge in [-0.05, 0) is 55.3 Å². The van der Waals surface area contributed by atoms with Gasteiger partial charge in [0.2, 0.25) is 0 Å². The SMILES string of the molecule is Cc1cc(C)cc(OCC(=O)OCC(=O)Nc2cccc(C(F)(F)F)c2)c1. The Morgan fingerprint density at radius 3 is 2.30 bits per heavy atom. The van der Waals surface area contributed by atoms with E-state index in [1.807, 2.05) is 19.9 Å². The van der Waals surface area contributed by atoms with Gasteiger partial charge in [0.05, 0.1) is 5.56 Å². The summed E-state index contributed by atoms with van der Waals surface area (Å²) >= 11 is 0. The number of ether oxygens (including phenoxy) is 2. The first-order chi connectivity index (χ1) is 12.6. The molecule has 0 aromatic heterocycles. The van der Waals surface area contributed by atoms with Crippen molar-refractivity contribution >= 4 is 17.6 Å². The zero-order valence-corrected chi connectivity index (χ0v) is 14.7. The lowest BCUT2D eigenvalue weighted by Gasteiger charge is -2.10. The third kappa shape index (κ3) is 6.65. The van der Waals surface area contributed by atoms with Gasteiger partial charge in [-0.25, -0.2) is 4.79 Å². The van der Waals surface area contributed by atoms with Crippen molar-refractivity contribution in [3.8, 4) is 5.75 Å². The fraction of sp³-hybridized carbons (Fsp3) is 0.263. The molecule has 2 rings (SSSR count). The summed E-state index contributed by atoms with van der Waals surface area (Å²) in [5, 5.41) is 2.24. The van der Waals surface area contributed by atoms with E-state index >= 15 is 0 Å². The van der Waals surface area contributed by atoms with Gasteiger partial charge in [-0.15, -0.1) is 0 Å². The van der Waals surface area contributed by atoms with Crippen LogP contribution in [0.3, 0.4) is 0 Å². The molecule has 0 saturated carbocycles. The van der Waals surface area contributed by atoms with Gasteiger partial charge in [0.15, 0.2) is 13.2 Å². The zero-order valence-electron chi connectivity index (χ0n) is 14.7. The van der Waals surface area contributed by atoms with Gasteiger partial charge >= 0.3 is 12.1 Å². The Bertz CT molecular complexity index is 814. The number of amides is 1. The van der Waals surface area contributed by atoms with Crippen molar-refractivity contribution in [2.24, 2.45) is 0 Å². The minimum atomic E-state index is -4.52. The lowest BCUT2D eigenvalue weighted by molar-refractivity contribution is -0.149. The van der Waals surface area contributed by atoms with Gasteiger partial charge in [0.25, 0.3) is 5.91 Å². The highest BCUT2D eigenvalue weighted by Gasteiger charge is 2.30. The van der Waals surface area contributed by atoms with Gasteiger partial charge in [-0.3, -0.25) is 4.79 Å². The average Bonchev–Trinajstić information content (AvgIpc) is 2.57. The van der Waals surface area contributed by atoms with E-state index in [1.165, 1.54) is 12.1 Å². The number of aryl methyl sites for hydroxylation is 2. The third-order valence-corrected chi connectivity index (χ3v) is 3.39. The second kappa shape index (κ2) is 8.57. The fourth-order valence-corrected chi connectivity index (χ4v) is 2.32. The molecular weight excluding hydrogens is 363 g/mol. The molecule has 0 atom stereocenters. The number of nitrogens with one attached hydrogen (secondary N) is 1. The maximum atomic E-state index is 12.6. The van der Waals surface area contributed by atoms with Gasteiger partial charge < -0.3 is 14.8 Å². The number of carbonyl (C=O) groups is 2. The summed E-state index contributed by atoms with van der Waals surface area (Å²) in [5.41, 5.74) is 1.01. The maximum Gasteiger partial charge on any atom is 0.416 e. The molecule has 144 valence electrons. The lowest BCUT2D eigenvalue weighted by atomic mass is 10.1. The number of alkyl halides is 3. The molecule has 8 heteroatoms. The molecule has 0 radical (unpaired) electrons. The third-order valence-electron chi connectivity index (χ3n) is 3.39. The molecule has 0 unspecified atom stereocenters. The van der Waals surface area contributed by atoms with Gasteiger partial charge in [0, 0.05) is 5.69 Å². The van der Waals surface area contributed by atoms with E-state index in [4.69, 9.17) is 9.47 Å². The molecule has 1 N–H and O–H groups in total. The standard InChI is InChI=1S/C19H18F3NO4/c1-12-6-13(2)8-16(7-12)26-11-18(25)27-10-17(24)23-15-5-3-4-14(9-15)19(20,21)22/h3-9H,10-11H2,1-2H3,(H,23,24). The van der Waals surface area contributed by atoms with Crippen LogP contribution in [0.4, 0.5) is 18.9 Å². The van der Waals surface area contributed by atoms with Crippen molar-refractivity contribution < 1.29 is 32.2 Å². The first-order valence-electron chi connectivity index (χ1n) is 7.97. The van der Waals surface area contributed by atoms with Crippen molar-refractivity contribution in [1.82, 2.24) is 0 Å². The molecule has 0 fully saturated rings. The Balaban J connectivity index is 1.80.